The minimum Gasteiger partial charge on any atom is -0.164 e. The van der Waals surface area contributed by atoms with Crippen LogP contribution in [0.25, 0.3) is 0 Å². The molecule has 0 aromatic carbocycles. The lowest BCUT2D eigenvalue weighted by atomic mass is 9.96. The highest BCUT2D eigenvalue weighted by molar-refractivity contribution is 4.96. The molecule has 72 valence electrons. The summed E-state index contributed by atoms with van der Waals surface area (Å²) in [5.74, 6) is 1.65. The van der Waals surface area contributed by atoms with Gasteiger partial charge in [0.25, 0.3) is 0 Å². The van der Waals surface area contributed by atoms with Crippen LogP contribution in [0.1, 0.15) is 39.4 Å². The maximum atomic E-state index is 4.36. The molecule has 1 aliphatic rings. The van der Waals surface area contributed by atoms with Gasteiger partial charge in [0, 0.05) is 5.41 Å². The molecular weight excluding hydrogens is 164 g/mol. The molecule has 0 saturated heterocycles. The van der Waals surface area contributed by atoms with Crippen LogP contribution in [0, 0.1) is 5.92 Å². The number of nitrogens with zero attached hydrogens (tertiary/aromatic N) is 4. The molecule has 0 unspecified atom stereocenters. The second-order valence-electron chi connectivity index (χ2n) is 4.86. The molecule has 0 amide bonds. The van der Waals surface area contributed by atoms with Crippen LogP contribution in [0.3, 0.4) is 0 Å². The lowest BCUT2D eigenvalue weighted by Gasteiger charge is -2.11. The van der Waals surface area contributed by atoms with Gasteiger partial charge in [-0.2, -0.15) is 4.80 Å². The molecule has 1 aliphatic carbocycles. The topological polar surface area (TPSA) is 43.6 Å². The Hall–Kier alpha value is -0.930. The molecule has 4 heteroatoms. The Morgan fingerprint density at radius 2 is 2.08 bits per heavy atom. The predicted molar refractivity (Wildman–Crippen MR) is 49.2 cm³/mol. The summed E-state index contributed by atoms with van der Waals surface area (Å²) in [5.41, 5.74) is 0.0157. The Labute approximate surface area is 78.3 Å². The van der Waals surface area contributed by atoms with Gasteiger partial charge in [0.05, 0.1) is 6.54 Å². The first-order valence-corrected chi connectivity index (χ1v) is 4.84. The van der Waals surface area contributed by atoms with E-state index < -0.39 is 0 Å². The molecule has 0 aliphatic heterocycles. The zero-order valence-electron chi connectivity index (χ0n) is 8.49. The van der Waals surface area contributed by atoms with Gasteiger partial charge in [-0.3, -0.25) is 0 Å². The Bertz CT molecular complexity index is 293. The molecule has 1 aromatic rings. The summed E-state index contributed by atoms with van der Waals surface area (Å²) in [6.45, 7) is 7.26. The molecule has 1 saturated carbocycles. The zero-order valence-corrected chi connectivity index (χ0v) is 8.49. The average molecular weight is 180 g/mol. The first kappa shape index (κ1) is 8.66. The summed E-state index contributed by atoms with van der Waals surface area (Å²) in [6.07, 6.45) is 2.65. The van der Waals surface area contributed by atoms with Crippen molar-refractivity contribution in [3.05, 3.63) is 5.82 Å². The van der Waals surface area contributed by atoms with Gasteiger partial charge in [0.15, 0.2) is 5.82 Å². The third-order valence-electron chi connectivity index (χ3n) is 2.24. The van der Waals surface area contributed by atoms with Crippen LogP contribution in [-0.2, 0) is 12.0 Å². The van der Waals surface area contributed by atoms with Crippen molar-refractivity contribution in [2.24, 2.45) is 5.92 Å². The van der Waals surface area contributed by atoms with Crippen LogP contribution in [-0.4, -0.2) is 20.2 Å². The highest BCUT2D eigenvalue weighted by Gasteiger charge is 2.25. The fraction of sp³-hybridized carbons (Fsp3) is 0.889. The molecule has 0 radical (unpaired) electrons. The smallest absolute Gasteiger partial charge is 0.164 e. The van der Waals surface area contributed by atoms with Crippen molar-refractivity contribution in [1.29, 1.82) is 0 Å². The molecule has 0 N–H and O–H groups in total. The van der Waals surface area contributed by atoms with Crippen LogP contribution in [0.4, 0.5) is 0 Å². The summed E-state index contributed by atoms with van der Waals surface area (Å²) < 4.78 is 0. The molecule has 1 aromatic heterocycles. The van der Waals surface area contributed by atoms with Gasteiger partial charge < -0.3 is 0 Å². The van der Waals surface area contributed by atoms with E-state index in [4.69, 9.17) is 0 Å². The number of rotatable bonds is 2. The standard InChI is InChI=1S/C9H16N4/c1-9(2,3)8-10-12-13(11-8)6-7-4-5-7/h7H,4-6H2,1-3H3. The van der Waals surface area contributed by atoms with Gasteiger partial charge in [-0.05, 0) is 24.0 Å². The second-order valence-corrected chi connectivity index (χ2v) is 4.86. The molecule has 13 heavy (non-hydrogen) atoms. The van der Waals surface area contributed by atoms with Crippen molar-refractivity contribution in [3.8, 4) is 0 Å². The maximum Gasteiger partial charge on any atom is 0.180 e. The van der Waals surface area contributed by atoms with Crippen molar-refractivity contribution in [1.82, 2.24) is 20.2 Å². The fourth-order valence-electron chi connectivity index (χ4n) is 1.15. The third-order valence-corrected chi connectivity index (χ3v) is 2.24. The third kappa shape index (κ3) is 2.05. The summed E-state index contributed by atoms with van der Waals surface area (Å²) in [6, 6.07) is 0. The largest absolute Gasteiger partial charge is 0.180 e. The van der Waals surface area contributed by atoms with Crippen LogP contribution in [0.5, 0.6) is 0 Å². The van der Waals surface area contributed by atoms with E-state index in [0.717, 1.165) is 18.3 Å². The van der Waals surface area contributed by atoms with E-state index in [1.807, 2.05) is 0 Å². The van der Waals surface area contributed by atoms with Crippen LogP contribution in [0.15, 0.2) is 0 Å². The van der Waals surface area contributed by atoms with Gasteiger partial charge in [0.2, 0.25) is 0 Å². The number of aromatic nitrogens is 4. The zero-order chi connectivity index (χ0) is 9.47. The molecule has 4 nitrogen and oxygen atoms in total. The second kappa shape index (κ2) is 2.79. The highest BCUT2D eigenvalue weighted by Crippen LogP contribution is 2.30. The van der Waals surface area contributed by atoms with Gasteiger partial charge >= 0.3 is 0 Å². The molecule has 0 bridgehead atoms. The van der Waals surface area contributed by atoms with E-state index in [1.165, 1.54) is 12.8 Å². The van der Waals surface area contributed by atoms with Gasteiger partial charge in [-0.1, -0.05) is 20.8 Å². The molecule has 1 fully saturated rings. The van der Waals surface area contributed by atoms with Crippen LogP contribution >= 0.6 is 0 Å². The van der Waals surface area contributed by atoms with Gasteiger partial charge in [0.1, 0.15) is 0 Å². The molecule has 1 heterocycles. The quantitative estimate of drug-likeness (QED) is 0.690. The first-order chi connectivity index (χ1) is 6.05. The predicted octanol–water partition coefficient (Wildman–Crippen LogP) is 1.38. The lowest BCUT2D eigenvalue weighted by Crippen LogP contribution is -2.14. The molecular formula is C9H16N4. The number of hydrogen-bond acceptors (Lipinski definition) is 3. The monoisotopic (exact) mass is 180 g/mol. The minimum atomic E-state index is 0.0157. The summed E-state index contributed by atoms with van der Waals surface area (Å²) in [7, 11) is 0. The molecule has 0 atom stereocenters. The van der Waals surface area contributed by atoms with Gasteiger partial charge in [-0.15, -0.1) is 10.2 Å². The van der Waals surface area contributed by atoms with E-state index in [9.17, 15) is 0 Å². The molecule has 0 spiro atoms. The minimum absolute atomic E-state index is 0.0157. The van der Waals surface area contributed by atoms with E-state index in [2.05, 4.69) is 36.2 Å². The number of tetrazole rings is 1. The first-order valence-electron chi connectivity index (χ1n) is 4.84. The lowest BCUT2D eigenvalue weighted by molar-refractivity contribution is 0.475. The number of hydrogen-bond donors (Lipinski definition) is 0. The van der Waals surface area contributed by atoms with Gasteiger partial charge in [-0.25, -0.2) is 0 Å². The van der Waals surface area contributed by atoms with E-state index in [0.29, 0.717) is 0 Å². The van der Waals surface area contributed by atoms with Crippen molar-refractivity contribution in [2.45, 2.75) is 45.6 Å². The average Bonchev–Trinajstić information content (AvgIpc) is 2.63. The molecule has 2 rings (SSSR count). The maximum absolute atomic E-state index is 4.36. The van der Waals surface area contributed by atoms with E-state index in [-0.39, 0.29) is 5.41 Å². The summed E-state index contributed by atoms with van der Waals surface area (Å²) in [5, 5.41) is 12.4. The van der Waals surface area contributed by atoms with E-state index in [1.54, 1.807) is 4.80 Å². The normalized spacial score (nSPS) is 17.8. The van der Waals surface area contributed by atoms with Crippen LogP contribution < -0.4 is 0 Å². The fourth-order valence-corrected chi connectivity index (χ4v) is 1.15. The Morgan fingerprint density at radius 3 is 2.54 bits per heavy atom. The van der Waals surface area contributed by atoms with Crippen LogP contribution in [0.2, 0.25) is 0 Å². The van der Waals surface area contributed by atoms with Crippen molar-refractivity contribution in [2.75, 3.05) is 0 Å². The Kier molecular flexibility index (Phi) is 1.86. The van der Waals surface area contributed by atoms with Crippen molar-refractivity contribution in [3.63, 3.8) is 0 Å². The SMILES string of the molecule is CC(C)(C)c1nnn(CC2CC2)n1. The summed E-state index contributed by atoms with van der Waals surface area (Å²) in [4.78, 5) is 1.73. The Morgan fingerprint density at radius 1 is 1.38 bits per heavy atom. The summed E-state index contributed by atoms with van der Waals surface area (Å²) >= 11 is 0. The highest BCUT2D eigenvalue weighted by atomic mass is 15.6. The van der Waals surface area contributed by atoms with Crippen molar-refractivity contribution >= 4 is 0 Å². The van der Waals surface area contributed by atoms with Crippen molar-refractivity contribution < 1.29 is 0 Å². The Balaban J connectivity index is 2.08. The van der Waals surface area contributed by atoms with E-state index >= 15 is 0 Å².